The second kappa shape index (κ2) is 9.43. The van der Waals surface area contributed by atoms with Crippen molar-refractivity contribution in [2.24, 2.45) is 45.3 Å². The van der Waals surface area contributed by atoms with Crippen LogP contribution in [0.25, 0.3) is 0 Å². The van der Waals surface area contributed by atoms with Crippen LogP contribution in [-0.4, -0.2) is 0 Å². The Hall–Kier alpha value is 0. The van der Waals surface area contributed by atoms with Crippen LogP contribution in [0.3, 0.4) is 0 Å². The van der Waals surface area contributed by atoms with Gasteiger partial charge in [-0.15, -0.1) is 0 Å². The van der Waals surface area contributed by atoms with Crippen LogP contribution in [0, 0.1) is 45.3 Å². The quantitative estimate of drug-likeness (QED) is 0.384. The maximum atomic E-state index is 2.40. The normalized spacial score (nSPS) is 30.4. The first-order valence-corrected chi connectivity index (χ1v) is 12.4. The zero-order valence-electron chi connectivity index (χ0n) is 22.0. The Labute approximate surface area is 180 Å². The van der Waals surface area contributed by atoms with E-state index in [1.807, 2.05) is 0 Å². The molecule has 2 saturated carbocycles. The van der Waals surface area contributed by atoms with E-state index in [0.29, 0.717) is 21.7 Å². The topological polar surface area (TPSA) is 0 Å². The van der Waals surface area contributed by atoms with Gasteiger partial charge in [0.1, 0.15) is 0 Å². The van der Waals surface area contributed by atoms with Crippen LogP contribution in [0.15, 0.2) is 0 Å². The molecule has 0 heterocycles. The van der Waals surface area contributed by atoms with Gasteiger partial charge >= 0.3 is 0 Å². The van der Waals surface area contributed by atoms with Gasteiger partial charge in [0.2, 0.25) is 0 Å². The van der Waals surface area contributed by atoms with Crippen LogP contribution in [0.2, 0.25) is 0 Å². The molecule has 0 aliphatic heterocycles. The van der Waals surface area contributed by atoms with Gasteiger partial charge in [-0.3, -0.25) is 0 Å². The van der Waals surface area contributed by atoms with Gasteiger partial charge in [-0.05, 0) is 96.7 Å². The van der Waals surface area contributed by atoms with Crippen molar-refractivity contribution in [3.05, 3.63) is 0 Å². The summed E-state index contributed by atoms with van der Waals surface area (Å²) < 4.78 is 0. The summed E-state index contributed by atoms with van der Waals surface area (Å²) in [5.41, 5.74) is 2.12. The van der Waals surface area contributed by atoms with E-state index in [0.717, 1.165) is 23.7 Å². The minimum absolute atomic E-state index is 0.531. The lowest BCUT2D eigenvalue weighted by atomic mass is 9.64. The van der Waals surface area contributed by atoms with Crippen molar-refractivity contribution >= 4 is 0 Å². The number of rotatable bonds is 0. The van der Waals surface area contributed by atoms with Crippen molar-refractivity contribution in [1.82, 2.24) is 0 Å². The zero-order valence-corrected chi connectivity index (χ0v) is 22.0. The van der Waals surface area contributed by atoms with E-state index in [1.54, 1.807) is 0 Å². The van der Waals surface area contributed by atoms with Crippen LogP contribution in [0.1, 0.15) is 134 Å². The first kappa shape index (κ1) is 26.0. The molecule has 168 valence electrons. The Bertz CT molecular complexity index is 338. The summed E-state index contributed by atoms with van der Waals surface area (Å²) >= 11 is 0. The molecule has 0 unspecified atom stereocenters. The minimum Gasteiger partial charge on any atom is -0.0599 e. The highest BCUT2D eigenvalue weighted by Crippen LogP contribution is 2.46. The molecule has 0 nitrogen and oxygen atoms in total. The standard InChI is InChI=1S/2C14H28/c2*1-13(2,3)11-7-9-12(10-8-11)14(4,5)6/h2*11-12H,7-10H2,1-6H3. The lowest BCUT2D eigenvalue weighted by Crippen LogP contribution is -2.30. The van der Waals surface area contributed by atoms with E-state index >= 15 is 0 Å². The molecule has 0 atom stereocenters. The van der Waals surface area contributed by atoms with Gasteiger partial charge in [0.25, 0.3) is 0 Å². The Morgan fingerprint density at radius 2 is 0.393 bits per heavy atom. The van der Waals surface area contributed by atoms with Crippen LogP contribution in [0.5, 0.6) is 0 Å². The molecule has 2 aliphatic carbocycles. The van der Waals surface area contributed by atoms with E-state index in [-0.39, 0.29) is 0 Å². The second-order valence-electron chi connectivity index (χ2n) is 14.6. The molecule has 0 N–H and O–H groups in total. The zero-order chi connectivity index (χ0) is 22.0. The van der Waals surface area contributed by atoms with Crippen molar-refractivity contribution in [1.29, 1.82) is 0 Å². The van der Waals surface area contributed by atoms with Gasteiger partial charge in [0, 0.05) is 0 Å². The predicted molar refractivity (Wildman–Crippen MR) is 129 cm³/mol. The summed E-state index contributed by atoms with van der Waals surface area (Å²) in [7, 11) is 0. The molecule has 0 heteroatoms. The van der Waals surface area contributed by atoms with E-state index in [9.17, 15) is 0 Å². The maximum Gasteiger partial charge on any atom is -0.0354 e. The second-order valence-corrected chi connectivity index (χ2v) is 14.6. The summed E-state index contributed by atoms with van der Waals surface area (Å²) in [4.78, 5) is 0. The van der Waals surface area contributed by atoms with Gasteiger partial charge in [-0.25, -0.2) is 0 Å². The third-order valence-electron chi connectivity index (χ3n) is 8.35. The van der Waals surface area contributed by atoms with Crippen molar-refractivity contribution in [2.45, 2.75) is 134 Å². The summed E-state index contributed by atoms with van der Waals surface area (Å²) in [6.45, 7) is 28.8. The molecule has 2 aliphatic rings. The number of hydrogen-bond donors (Lipinski definition) is 0. The molecule has 0 spiro atoms. The fraction of sp³-hybridized carbons (Fsp3) is 1.00. The molecule has 28 heavy (non-hydrogen) atoms. The van der Waals surface area contributed by atoms with Crippen molar-refractivity contribution in [2.75, 3.05) is 0 Å². The van der Waals surface area contributed by atoms with Gasteiger partial charge in [0.05, 0.1) is 0 Å². The molecule has 0 amide bonds. The summed E-state index contributed by atoms with van der Waals surface area (Å²) in [5.74, 6) is 3.84. The molecule has 0 bridgehead atoms. The third kappa shape index (κ3) is 8.39. The molecule has 0 aromatic rings. The Morgan fingerprint density at radius 3 is 0.464 bits per heavy atom. The summed E-state index contributed by atoms with van der Waals surface area (Å²) in [5, 5.41) is 0. The van der Waals surface area contributed by atoms with E-state index in [4.69, 9.17) is 0 Å². The van der Waals surface area contributed by atoms with Gasteiger partial charge in [0.15, 0.2) is 0 Å². The van der Waals surface area contributed by atoms with Crippen LogP contribution < -0.4 is 0 Å². The predicted octanol–water partition coefficient (Wildman–Crippen LogP) is 9.77. The molecular formula is C28H56. The molecule has 0 saturated heterocycles. The maximum absolute atomic E-state index is 2.40. The largest absolute Gasteiger partial charge is 0.0599 e. The minimum atomic E-state index is 0.531. The summed E-state index contributed by atoms with van der Waals surface area (Å²) in [6.07, 6.45) is 11.6. The van der Waals surface area contributed by atoms with Crippen molar-refractivity contribution < 1.29 is 0 Å². The first-order chi connectivity index (χ1) is 12.4. The smallest absolute Gasteiger partial charge is 0.0354 e. The molecular weight excluding hydrogens is 336 g/mol. The molecule has 0 aromatic carbocycles. The highest BCUT2D eigenvalue weighted by Gasteiger charge is 2.35. The fourth-order valence-corrected chi connectivity index (χ4v) is 5.65. The van der Waals surface area contributed by atoms with Crippen LogP contribution in [-0.2, 0) is 0 Å². The van der Waals surface area contributed by atoms with Gasteiger partial charge < -0.3 is 0 Å². The SMILES string of the molecule is CC(C)(C)C1CCC(C(C)(C)C)CC1.CC(C)(C)C1CCC(C(C)(C)C)CC1. The van der Waals surface area contributed by atoms with Crippen molar-refractivity contribution in [3.8, 4) is 0 Å². The van der Waals surface area contributed by atoms with E-state index in [1.165, 1.54) is 51.4 Å². The van der Waals surface area contributed by atoms with E-state index in [2.05, 4.69) is 83.1 Å². The molecule has 0 radical (unpaired) electrons. The van der Waals surface area contributed by atoms with Gasteiger partial charge in [-0.2, -0.15) is 0 Å². The third-order valence-corrected chi connectivity index (χ3v) is 8.35. The highest BCUT2D eigenvalue weighted by molar-refractivity contribution is 4.86. The Morgan fingerprint density at radius 1 is 0.286 bits per heavy atom. The lowest BCUT2D eigenvalue weighted by molar-refractivity contribution is 0.0970. The molecule has 2 rings (SSSR count). The molecule has 0 aromatic heterocycles. The van der Waals surface area contributed by atoms with Gasteiger partial charge in [-0.1, -0.05) is 83.1 Å². The van der Waals surface area contributed by atoms with Crippen LogP contribution in [0.4, 0.5) is 0 Å². The lowest BCUT2D eigenvalue weighted by Gasteiger charge is -2.41. The average molecular weight is 393 g/mol. The van der Waals surface area contributed by atoms with E-state index < -0.39 is 0 Å². The number of hydrogen-bond acceptors (Lipinski definition) is 0. The van der Waals surface area contributed by atoms with Crippen LogP contribution >= 0.6 is 0 Å². The Kier molecular flexibility index (Phi) is 8.77. The first-order valence-electron chi connectivity index (χ1n) is 12.4. The molecule has 2 fully saturated rings. The fourth-order valence-electron chi connectivity index (χ4n) is 5.65. The Balaban J connectivity index is 0.000000280. The summed E-state index contributed by atoms with van der Waals surface area (Å²) in [6, 6.07) is 0. The highest BCUT2D eigenvalue weighted by atomic mass is 14.4. The average Bonchev–Trinajstić information content (AvgIpc) is 2.52. The van der Waals surface area contributed by atoms with Crippen molar-refractivity contribution in [3.63, 3.8) is 0 Å². The monoisotopic (exact) mass is 392 g/mol.